The molecular weight excluding hydrogens is 258 g/mol. The molecule has 98 valence electrons. The predicted molar refractivity (Wildman–Crippen MR) is 63.7 cm³/mol. The second-order valence-electron chi connectivity index (χ2n) is 3.48. The number of hydrogen-bond acceptors (Lipinski definition) is 5. The van der Waals surface area contributed by atoms with Gasteiger partial charge in [-0.15, -0.1) is 0 Å². The summed E-state index contributed by atoms with van der Waals surface area (Å²) >= 11 is 0. The molecule has 1 aromatic carbocycles. The summed E-state index contributed by atoms with van der Waals surface area (Å²) in [4.78, 5) is 21.9. The average molecular weight is 271 g/mol. The van der Waals surface area contributed by atoms with E-state index in [1.807, 2.05) is 0 Å². The van der Waals surface area contributed by atoms with Gasteiger partial charge in [0.05, 0.1) is 12.0 Å². The summed E-state index contributed by atoms with van der Waals surface area (Å²) in [6, 6.07) is 5.57. The van der Waals surface area contributed by atoms with Crippen molar-refractivity contribution in [3.63, 3.8) is 0 Å². The zero-order valence-corrected chi connectivity index (χ0v) is 10.8. The SMILES string of the molecule is COC(=O)CNS(=O)(=O)c1cccc(C(C)=O)c1. The topological polar surface area (TPSA) is 89.5 Å². The molecule has 6 nitrogen and oxygen atoms in total. The van der Waals surface area contributed by atoms with Gasteiger partial charge in [-0.2, -0.15) is 4.72 Å². The highest BCUT2D eigenvalue weighted by Crippen LogP contribution is 2.11. The molecule has 7 heteroatoms. The molecule has 0 saturated carbocycles. The Morgan fingerprint density at radius 3 is 2.56 bits per heavy atom. The molecule has 0 radical (unpaired) electrons. The fraction of sp³-hybridized carbons (Fsp3) is 0.273. The van der Waals surface area contributed by atoms with Crippen molar-refractivity contribution in [2.24, 2.45) is 0 Å². The maximum atomic E-state index is 11.8. The molecule has 0 aromatic heterocycles. The van der Waals surface area contributed by atoms with Gasteiger partial charge in [0.25, 0.3) is 0 Å². The van der Waals surface area contributed by atoms with Crippen LogP contribution in [0.5, 0.6) is 0 Å². The highest BCUT2D eigenvalue weighted by Gasteiger charge is 2.16. The molecule has 0 unspecified atom stereocenters. The predicted octanol–water partition coefficient (Wildman–Crippen LogP) is 0.340. The first-order valence-corrected chi connectivity index (χ1v) is 6.52. The van der Waals surface area contributed by atoms with Gasteiger partial charge in [-0.1, -0.05) is 12.1 Å². The van der Waals surface area contributed by atoms with Gasteiger partial charge in [0.15, 0.2) is 5.78 Å². The largest absolute Gasteiger partial charge is 0.468 e. The second kappa shape index (κ2) is 5.74. The number of benzene rings is 1. The van der Waals surface area contributed by atoms with Crippen LogP contribution in [-0.2, 0) is 19.6 Å². The molecule has 0 bridgehead atoms. The smallest absolute Gasteiger partial charge is 0.320 e. The van der Waals surface area contributed by atoms with Crippen LogP contribution in [0.4, 0.5) is 0 Å². The molecule has 1 N–H and O–H groups in total. The van der Waals surface area contributed by atoms with E-state index in [0.29, 0.717) is 0 Å². The number of hydrogen-bond donors (Lipinski definition) is 1. The average Bonchev–Trinajstić information content (AvgIpc) is 2.36. The number of nitrogens with one attached hydrogen (secondary N) is 1. The van der Waals surface area contributed by atoms with E-state index in [4.69, 9.17) is 0 Å². The van der Waals surface area contributed by atoms with Crippen molar-refractivity contribution in [3.05, 3.63) is 29.8 Å². The Balaban J connectivity index is 2.95. The molecule has 0 amide bonds. The summed E-state index contributed by atoms with van der Waals surface area (Å²) in [7, 11) is -2.66. The molecular formula is C11H13NO5S. The van der Waals surface area contributed by atoms with Crippen LogP contribution < -0.4 is 4.72 Å². The fourth-order valence-electron chi connectivity index (χ4n) is 1.19. The van der Waals surface area contributed by atoms with Gasteiger partial charge in [0, 0.05) is 5.56 Å². The van der Waals surface area contributed by atoms with Crippen LogP contribution in [0.2, 0.25) is 0 Å². The van der Waals surface area contributed by atoms with Crippen LogP contribution in [-0.4, -0.2) is 33.8 Å². The van der Waals surface area contributed by atoms with E-state index in [-0.39, 0.29) is 16.2 Å². The lowest BCUT2D eigenvalue weighted by molar-refractivity contribution is -0.139. The maximum Gasteiger partial charge on any atom is 0.320 e. The number of methoxy groups -OCH3 is 1. The van der Waals surface area contributed by atoms with Crippen LogP contribution in [0.1, 0.15) is 17.3 Å². The number of carbonyl (C=O) groups excluding carboxylic acids is 2. The lowest BCUT2D eigenvalue weighted by atomic mass is 10.2. The van der Waals surface area contributed by atoms with Gasteiger partial charge in [0.2, 0.25) is 10.0 Å². The van der Waals surface area contributed by atoms with Gasteiger partial charge in [-0.3, -0.25) is 9.59 Å². The molecule has 0 aliphatic heterocycles. The molecule has 1 aromatic rings. The Bertz CT molecular complexity index is 565. The van der Waals surface area contributed by atoms with E-state index in [9.17, 15) is 18.0 Å². The van der Waals surface area contributed by atoms with E-state index in [2.05, 4.69) is 9.46 Å². The Labute approximate surface area is 105 Å². The molecule has 0 heterocycles. The minimum Gasteiger partial charge on any atom is -0.468 e. The van der Waals surface area contributed by atoms with E-state index in [1.54, 1.807) is 0 Å². The number of Topliss-reactive ketones (excluding diaryl/α,β-unsaturated/α-hetero) is 1. The van der Waals surface area contributed by atoms with Crippen LogP contribution in [0.3, 0.4) is 0 Å². The lowest BCUT2D eigenvalue weighted by Crippen LogP contribution is -2.30. The maximum absolute atomic E-state index is 11.8. The third kappa shape index (κ3) is 3.64. The summed E-state index contributed by atoms with van der Waals surface area (Å²) < 4.78 is 30.0. The van der Waals surface area contributed by atoms with Crippen LogP contribution in [0.25, 0.3) is 0 Å². The third-order valence-electron chi connectivity index (χ3n) is 2.19. The van der Waals surface area contributed by atoms with Gasteiger partial charge in [-0.05, 0) is 19.1 Å². The van der Waals surface area contributed by atoms with Crippen LogP contribution >= 0.6 is 0 Å². The monoisotopic (exact) mass is 271 g/mol. The second-order valence-corrected chi connectivity index (χ2v) is 5.25. The fourth-order valence-corrected chi connectivity index (χ4v) is 2.21. The summed E-state index contributed by atoms with van der Waals surface area (Å²) in [5.74, 6) is -0.929. The summed E-state index contributed by atoms with van der Waals surface area (Å²) in [6.45, 7) is 0.886. The Kier molecular flexibility index (Phi) is 4.57. The van der Waals surface area contributed by atoms with Crippen molar-refractivity contribution in [2.45, 2.75) is 11.8 Å². The lowest BCUT2D eigenvalue weighted by Gasteiger charge is -2.06. The number of sulfonamides is 1. The number of esters is 1. The number of carbonyl (C=O) groups is 2. The van der Waals surface area contributed by atoms with Crippen molar-refractivity contribution in [3.8, 4) is 0 Å². The van der Waals surface area contributed by atoms with Crippen molar-refractivity contribution in [1.29, 1.82) is 0 Å². The van der Waals surface area contributed by atoms with Crippen LogP contribution in [0, 0.1) is 0 Å². The summed E-state index contributed by atoms with van der Waals surface area (Å²) in [5.41, 5.74) is 0.288. The number of ether oxygens (including phenoxy) is 1. The first-order valence-electron chi connectivity index (χ1n) is 5.04. The minimum absolute atomic E-state index is 0.0703. The van der Waals surface area contributed by atoms with E-state index in [1.165, 1.54) is 31.2 Å². The zero-order valence-electron chi connectivity index (χ0n) is 9.97. The van der Waals surface area contributed by atoms with Gasteiger partial charge < -0.3 is 4.74 Å². The molecule has 0 fully saturated rings. The van der Waals surface area contributed by atoms with Crippen molar-refractivity contribution in [2.75, 3.05) is 13.7 Å². The molecule has 1 rings (SSSR count). The van der Waals surface area contributed by atoms with E-state index >= 15 is 0 Å². The molecule has 0 atom stereocenters. The molecule has 0 aliphatic carbocycles. The van der Waals surface area contributed by atoms with Crippen molar-refractivity contribution in [1.82, 2.24) is 4.72 Å². The molecule has 18 heavy (non-hydrogen) atoms. The first kappa shape index (κ1) is 14.3. The normalized spacial score (nSPS) is 11.0. The third-order valence-corrected chi connectivity index (χ3v) is 3.58. The first-order chi connectivity index (χ1) is 8.36. The summed E-state index contributed by atoms with van der Waals surface area (Å²) in [6.07, 6.45) is 0. The van der Waals surface area contributed by atoms with Crippen molar-refractivity contribution >= 4 is 21.8 Å². The van der Waals surface area contributed by atoms with Gasteiger partial charge >= 0.3 is 5.97 Å². The molecule has 0 spiro atoms. The van der Waals surface area contributed by atoms with E-state index < -0.39 is 22.5 Å². The molecule has 0 aliphatic rings. The van der Waals surface area contributed by atoms with Gasteiger partial charge in [-0.25, -0.2) is 8.42 Å². The Morgan fingerprint density at radius 1 is 1.33 bits per heavy atom. The van der Waals surface area contributed by atoms with Crippen LogP contribution in [0.15, 0.2) is 29.2 Å². The standard InChI is InChI=1S/C11H13NO5S/c1-8(13)9-4-3-5-10(6-9)18(15,16)12-7-11(14)17-2/h3-6,12H,7H2,1-2H3. The van der Waals surface area contributed by atoms with Gasteiger partial charge in [0.1, 0.15) is 6.54 Å². The zero-order chi connectivity index (χ0) is 13.8. The minimum atomic E-state index is -3.82. The van der Waals surface area contributed by atoms with E-state index in [0.717, 1.165) is 7.11 Å². The van der Waals surface area contributed by atoms with Crippen molar-refractivity contribution < 1.29 is 22.7 Å². The Morgan fingerprint density at radius 2 is 2.00 bits per heavy atom. The number of ketones is 1. The number of rotatable bonds is 5. The highest BCUT2D eigenvalue weighted by molar-refractivity contribution is 7.89. The quantitative estimate of drug-likeness (QED) is 0.616. The molecule has 0 saturated heterocycles. The Hall–Kier alpha value is -1.73. The summed E-state index contributed by atoms with van der Waals surface area (Å²) in [5, 5.41) is 0. The highest BCUT2D eigenvalue weighted by atomic mass is 32.2.